The van der Waals surface area contributed by atoms with Gasteiger partial charge in [0.25, 0.3) is 0 Å². The van der Waals surface area contributed by atoms with Crippen LogP contribution in [0, 0.1) is 5.41 Å². The van der Waals surface area contributed by atoms with E-state index in [2.05, 4.69) is 17.0 Å². The van der Waals surface area contributed by atoms with E-state index in [1.165, 1.54) is 12.0 Å². The van der Waals surface area contributed by atoms with Crippen molar-refractivity contribution in [1.29, 1.82) is 0 Å². The molecule has 3 rings (SSSR count). The Kier molecular flexibility index (Phi) is 5.64. The molecule has 0 bridgehead atoms. The van der Waals surface area contributed by atoms with Crippen molar-refractivity contribution in [2.45, 2.75) is 31.9 Å². The molecule has 0 saturated carbocycles. The number of nitrogens with zero attached hydrogens (tertiary/aromatic N) is 1. The molecule has 2 aliphatic rings. The van der Waals surface area contributed by atoms with Gasteiger partial charge in [-0.05, 0) is 37.0 Å². The molecule has 2 aliphatic heterocycles. The van der Waals surface area contributed by atoms with Crippen molar-refractivity contribution < 1.29 is 18.9 Å². The van der Waals surface area contributed by atoms with E-state index in [1.54, 1.807) is 21.3 Å². The van der Waals surface area contributed by atoms with Gasteiger partial charge in [0.15, 0.2) is 0 Å². The van der Waals surface area contributed by atoms with Crippen LogP contribution in [0.1, 0.15) is 24.8 Å². The smallest absolute Gasteiger partial charge is 0.122 e. The summed E-state index contributed by atoms with van der Waals surface area (Å²) in [6, 6.07) is 6.10. The average Bonchev–Trinajstić information content (AvgIpc) is 2.61. The van der Waals surface area contributed by atoms with Crippen LogP contribution in [0.3, 0.4) is 0 Å². The van der Waals surface area contributed by atoms with Gasteiger partial charge >= 0.3 is 0 Å². The lowest BCUT2D eigenvalue weighted by Crippen LogP contribution is -2.56. The molecule has 5 nitrogen and oxygen atoms in total. The number of methoxy groups -OCH3 is 3. The van der Waals surface area contributed by atoms with Gasteiger partial charge in [0.1, 0.15) is 11.5 Å². The minimum Gasteiger partial charge on any atom is -0.497 e. The zero-order valence-electron chi connectivity index (χ0n) is 15.0. The first-order valence-electron chi connectivity index (χ1n) is 8.74. The summed E-state index contributed by atoms with van der Waals surface area (Å²) in [4.78, 5) is 2.51. The van der Waals surface area contributed by atoms with Crippen molar-refractivity contribution in [3.05, 3.63) is 23.8 Å². The second-order valence-corrected chi connectivity index (χ2v) is 6.98. The standard InChI is InChI=1S/C19H29NO4/c1-21-14-19-6-4-8-24-18(19)5-7-20(13-19)12-15-9-16(22-2)11-17(10-15)23-3/h9-11,18H,4-8,12-14H2,1-3H3/t18-,19-/m1/s1. The molecule has 2 heterocycles. The zero-order valence-corrected chi connectivity index (χ0v) is 15.0. The number of benzene rings is 1. The summed E-state index contributed by atoms with van der Waals surface area (Å²) in [5.41, 5.74) is 1.35. The summed E-state index contributed by atoms with van der Waals surface area (Å²) in [7, 11) is 5.18. The van der Waals surface area contributed by atoms with Crippen molar-refractivity contribution >= 4 is 0 Å². The first kappa shape index (κ1) is 17.5. The van der Waals surface area contributed by atoms with Gasteiger partial charge in [-0.3, -0.25) is 4.90 Å². The molecule has 0 unspecified atom stereocenters. The average molecular weight is 335 g/mol. The Bertz CT molecular complexity index is 524. The molecule has 0 radical (unpaired) electrons. The molecule has 0 aromatic heterocycles. The summed E-state index contributed by atoms with van der Waals surface area (Å²) in [6.07, 6.45) is 3.72. The number of likely N-dealkylation sites (tertiary alicyclic amines) is 1. The first-order valence-corrected chi connectivity index (χ1v) is 8.74. The Morgan fingerprint density at radius 2 is 1.92 bits per heavy atom. The van der Waals surface area contributed by atoms with E-state index in [-0.39, 0.29) is 5.41 Å². The van der Waals surface area contributed by atoms with Gasteiger partial charge in [0.05, 0.1) is 26.9 Å². The summed E-state index contributed by atoms with van der Waals surface area (Å²) < 4.78 is 22.4. The van der Waals surface area contributed by atoms with Gasteiger partial charge in [0.2, 0.25) is 0 Å². The van der Waals surface area contributed by atoms with Gasteiger partial charge in [0, 0.05) is 44.8 Å². The lowest BCUT2D eigenvalue weighted by atomic mass is 9.73. The molecule has 0 aliphatic carbocycles. The highest BCUT2D eigenvalue weighted by atomic mass is 16.5. The highest BCUT2D eigenvalue weighted by Crippen LogP contribution is 2.40. The van der Waals surface area contributed by atoms with E-state index in [0.29, 0.717) is 6.10 Å². The summed E-state index contributed by atoms with van der Waals surface area (Å²) in [6.45, 7) is 4.63. The first-order chi connectivity index (χ1) is 11.7. The summed E-state index contributed by atoms with van der Waals surface area (Å²) >= 11 is 0. The van der Waals surface area contributed by atoms with E-state index in [0.717, 1.165) is 57.2 Å². The summed E-state index contributed by atoms with van der Waals surface area (Å²) in [5.74, 6) is 1.68. The third kappa shape index (κ3) is 3.68. The molecule has 1 aromatic rings. The van der Waals surface area contributed by atoms with E-state index in [1.807, 2.05) is 6.07 Å². The Labute approximate surface area is 144 Å². The van der Waals surface area contributed by atoms with Crippen LogP contribution in [0.4, 0.5) is 0 Å². The lowest BCUT2D eigenvalue weighted by molar-refractivity contribution is -0.149. The molecular weight excluding hydrogens is 306 g/mol. The van der Waals surface area contributed by atoms with Crippen molar-refractivity contribution in [1.82, 2.24) is 4.90 Å². The molecule has 134 valence electrons. The molecule has 0 spiro atoms. The van der Waals surface area contributed by atoms with E-state index in [4.69, 9.17) is 18.9 Å². The molecular formula is C19H29NO4. The van der Waals surface area contributed by atoms with Gasteiger partial charge in [-0.1, -0.05) is 0 Å². The number of rotatable bonds is 6. The largest absolute Gasteiger partial charge is 0.497 e. The molecule has 2 saturated heterocycles. The highest BCUT2D eigenvalue weighted by molar-refractivity contribution is 5.38. The Hall–Kier alpha value is -1.30. The maximum absolute atomic E-state index is 6.06. The third-order valence-electron chi connectivity index (χ3n) is 5.32. The van der Waals surface area contributed by atoms with Crippen LogP contribution < -0.4 is 9.47 Å². The second-order valence-electron chi connectivity index (χ2n) is 6.98. The SMILES string of the molecule is COC[C@]12CCCO[C@@H]1CCN(Cc1cc(OC)cc(OC)c1)C2. The Balaban J connectivity index is 1.74. The van der Waals surface area contributed by atoms with Crippen molar-refractivity contribution in [2.24, 2.45) is 5.41 Å². The van der Waals surface area contributed by atoms with E-state index < -0.39 is 0 Å². The van der Waals surface area contributed by atoms with Crippen molar-refractivity contribution in [3.63, 3.8) is 0 Å². The van der Waals surface area contributed by atoms with Crippen molar-refractivity contribution in [3.8, 4) is 11.5 Å². The maximum Gasteiger partial charge on any atom is 0.122 e. The van der Waals surface area contributed by atoms with Crippen molar-refractivity contribution in [2.75, 3.05) is 47.6 Å². The van der Waals surface area contributed by atoms with Crippen LogP contribution in [0.25, 0.3) is 0 Å². The number of fused-ring (bicyclic) bond motifs is 1. The highest BCUT2D eigenvalue weighted by Gasteiger charge is 2.45. The van der Waals surface area contributed by atoms with Gasteiger partial charge in [-0.2, -0.15) is 0 Å². The number of hydrogen-bond acceptors (Lipinski definition) is 5. The van der Waals surface area contributed by atoms with Crippen LogP contribution in [-0.4, -0.2) is 58.6 Å². The number of hydrogen-bond donors (Lipinski definition) is 0. The molecule has 5 heteroatoms. The predicted octanol–water partition coefficient (Wildman–Crippen LogP) is 2.72. The predicted molar refractivity (Wildman–Crippen MR) is 92.7 cm³/mol. The number of ether oxygens (including phenoxy) is 4. The van der Waals surface area contributed by atoms with Crippen LogP contribution in [0.5, 0.6) is 11.5 Å². The maximum atomic E-state index is 6.06. The third-order valence-corrected chi connectivity index (χ3v) is 5.32. The fourth-order valence-corrected chi connectivity index (χ4v) is 4.23. The summed E-state index contributed by atoms with van der Waals surface area (Å²) in [5, 5.41) is 0. The monoisotopic (exact) mass is 335 g/mol. The van der Waals surface area contributed by atoms with Gasteiger partial charge in [-0.25, -0.2) is 0 Å². The molecule has 1 aromatic carbocycles. The molecule has 0 N–H and O–H groups in total. The van der Waals surface area contributed by atoms with Gasteiger partial charge in [-0.15, -0.1) is 0 Å². The van der Waals surface area contributed by atoms with Crippen LogP contribution in [0.15, 0.2) is 18.2 Å². The quantitative estimate of drug-likeness (QED) is 0.799. The van der Waals surface area contributed by atoms with E-state index >= 15 is 0 Å². The Morgan fingerprint density at radius 1 is 1.17 bits per heavy atom. The fraction of sp³-hybridized carbons (Fsp3) is 0.684. The van der Waals surface area contributed by atoms with Crippen LogP contribution in [0.2, 0.25) is 0 Å². The minimum absolute atomic E-state index is 0.133. The fourth-order valence-electron chi connectivity index (χ4n) is 4.23. The lowest BCUT2D eigenvalue weighted by Gasteiger charge is -2.50. The molecule has 2 fully saturated rings. The normalized spacial score (nSPS) is 27.5. The topological polar surface area (TPSA) is 40.2 Å². The van der Waals surface area contributed by atoms with E-state index in [9.17, 15) is 0 Å². The zero-order chi connectivity index (χ0) is 17.0. The number of piperidine rings is 1. The van der Waals surface area contributed by atoms with Gasteiger partial charge < -0.3 is 18.9 Å². The molecule has 2 atom stereocenters. The second kappa shape index (κ2) is 7.72. The minimum atomic E-state index is 0.133. The van der Waals surface area contributed by atoms with Crippen LogP contribution >= 0.6 is 0 Å². The van der Waals surface area contributed by atoms with Crippen LogP contribution in [-0.2, 0) is 16.0 Å². The molecule has 24 heavy (non-hydrogen) atoms. The molecule has 0 amide bonds. The Morgan fingerprint density at radius 3 is 2.58 bits per heavy atom.